The zero-order valence-electron chi connectivity index (χ0n) is 12.2. The van der Waals surface area contributed by atoms with E-state index in [-0.39, 0.29) is 0 Å². The Kier molecular flexibility index (Phi) is 7.14. The first-order chi connectivity index (χ1) is 8.17. The lowest BCUT2D eigenvalue weighted by Gasteiger charge is -2.34. The Hall–Kier alpha value is -0.0800. The van der Waals surface area contributed by atoms with E-state index >= 15 is 0 Å². The summed E-state index contributed by atoms with van der Waals surface area (Å²) in [6.07, 6.45) is 8.54. The average Bonchev–Trinajstić information content (AvgIpc) is 2.34. The van der Waals surface area contributed by atoms with E-state index in [9.17, 15) is 0 Å². The van der Waals surface area contributed by atoms with E-state index in [0.717, 1.165) is 18.4 Å². The Morgan fingerprint density at radius 2 is 2.06 bits per heavy atom. The van der Waals surface area contributed by atoms with Gasteiger partial charge in [0.1, 0.15) is 0 Å². The number of ether oxygens (including phenoxy) is 1. The minimum Gasteiger partial charge on any atom is -0.382 e. The maximum absolute atomic E-state index is 5.36. The first kappa shape index (κ1) is 15.0. The van der Waals surface area contributed by atoms with Crippen molar-refractivity contribution in [3.63, 3.8) is 0 Å². The number of nitrogens with one attached hydrogen (secondary N) is 1. The summed E-state index contributed by atoms with van der Waals surface area (Å²) in [5, 5.41) is 3.70. The molecule has 1 fully saturated rings. The summed E-state index contributed by atoms with van der Waals surface area (Å²) in [5.74, 6) is 1.82. The lowest BCUT2D eigenvalue weighted by atomic mass is 9.77. The molecule has 2 heteroatoms. The molecule has 1 aliphatic carbocycles. The molecule has 0 spiro atoms. The van der Waals surface area contributed by atoms with E-state index in [1.54, 1.807) is 0 Å². The van der Waals surface area contributed by atoms with Crippen molar-refractivity contribution in [2.75, 3.05) is 13.7 Å². The molecule has 2 nitrogen and oxygen atoms in total. The second-order valence-corrected chi connectivity index (χ2v) is 5.82. The van der Waals surface area contributed by atoms with Crippen molar-refractivity contribution in [1.82, 2.24) is 5.32 Å². The van der Waals surface area contributed by atoms with Crippen molar-refractivity contribution < 1.29 is 4.74 Å². The normalized spacial score (nSPS) is 28.9. The molecule has 0 bridgehead atoms. The molecule has 0 aromatic carbocycles. The van der Waals surface area contributed by atoms with Crippen molar-refractivity contribution in [3.05, 3.63) is 0 Å². The van der Waals surface area contributed by atoms with E-state index < -0.39 is 0 Å². The Balaban J connectivity index is 2.40. The molecule has 1 saturated carbocycles. The standard InChI is InChI=1S/C15H31NO/c1-5-16-15(10-9-13(3)17-4)14-8-6-7-12(2)11-14/h12-16H,5-11H2,1-4H3. The third kappa shape index (κ3) is 5.39. The summed E-state index contributed by atoms with van der Waals surface area (Å²) >= 11 is 0. The Morgan fingerprint density at radius 3 is 2.65 bits per heavy atom. The lowest BCUT2D eigenvalue weighted by molar-refractivity contribution is 0.0999. The van der Waals surface area contributed by atoms with E-state index in [1.807, 2.05) is 7.11 Å². The smallest absolute Gasteiger partial charge is 0.0543 e. The van der Waals surface area contributed by atoms with Crippen molar-refractivity contribution >= 4 is 0 Å². The predicted octanol–water partition coefficient (Wildman–Crippen LogP) is 3.61. The molecule has 4 atom stereocenters. The average molecular weight is 241 g/mol. The molecule has 4 unspecified atom stereocenters. The molecule has 0 heterocycles. The fourth-order valence-corrected chi connectivity index (χ4v) is 3.15. The monoisotopic (exact) mass is 241 g/mol. The van der Waals surface area contributed by atoms with Crippen LogP contribution in [-0.2, 0) is 4.74 Å². The van der Waals surface area contributed by atoms with Gasteiger partial charge in [-0.15, -0.1) is 0 Å². The Labute approximate surface area is 108 Å². The van der Waals surface area contributed by atoms with Crippen molar-refractivity contribution in [3.8, 4) is 0 Å². The number of hydrogen-bond acceptors (Lipinski definition) is 2. The summed E-state index contributed by atoms with van der Waals surface area (Å²) < 4.78 is 5.36. The Bertz CT molecular complexity index is 195. The molecular weight excluding hydrogens is 210 g/mol. The van der Waals surface area contributed by atoms with Gasteiger partial charge in [0.2, 0.25) is 0 Å². The second kappa shape index (κ2) is 8.10. The molecule has 1 aliphatic rings. The number of methoxy groups -OCH3 is 1. The zero-order chi connectivity index (χ0) is 12.7. The van der Waals surface area contributed by atoms with E-state index in [1.165, 1.54) is 38.5 Å². The number of rotatable bonds is 7. The summed E-state index contributed by atoms with van der Waals surface area (Å²) in [5.41, 5.74) is 0. The summed E-state index contributed by atoms with van der Waals surface area (Å²) in [7, 11) is 1.82. The molecule has 17 heavy (non-hydrogen) atoms. The SMILES string of the molecule is CCNC(CCC(C)OC)C1CCCC(C)C1. The Morgan fingerprint density at radius 1 is 1.29 bits per heavy atom. The minimum atomic E-state index is 0.400. The highest BCUT2D eigenvalue weighted by Gasteiger charge is 2.26. The van der Waals surface area contributed by atoms with Gasteiger partial charge in [0, 0.05) is 13.2 Å². The number of hydrogen-bond donors (Lipinski definition) is 1. The summed E-state index contributed by atoms with van der Waals surface area (Å²) in [4.78, 5) is 0. The van der Waals surface area contributed by atoms with Crippen LogP contribution < -0.4 is 5.32 Å². The molecule has 1 N–H and O–H groups in total. The van der Waals surface area contributed by atoms with Crippen LogP contribution in [0.2, 0.25) is 0 Å². The minimum absolute atomic E-state index is 0.400. The zero-order valence-corrected chi connectivity index (χ0v) is 12.2. The van der Waals surface area contributed by atoms with Gasteiger partial charge in [0.05, 0.1) is 6.10 Å². The molecule has 0 aliphatic heterocycles. The van der Waals surface area contributed by atoms with Crippen LogP contribution in [0, 0.1) is 11.8 Å². The topological polar surface area (TPSA) is 21.3 Å². The van der Waals surface area contributed by atoms with Crippen LogP contribution in [0.5, 0.6) is 0 Å². The van der Waals surface area contributed by atoms with Crippen molar-refractivity contribution in [2.45, 2.75) is 71.4 Å². The first-order valence-electron chi connectivity index (χ1n) is 7.43. The largest absolute Gasteiger partial charge is 0.382 e. The van der Waals surface area contributed by atoms with Gasteiger partial charge in [-0.25, -0.2) is 0 Å². The highest BCUT2D eigenvalue weighted by atomic mass is 16.5. The van der Waals surface area contributed by atoms with Gasteiger partial charge in [-0.1, -0.05) is 26.7 Å². The fourth-order valence-electron chi connectivity index (χ4n) is 3.15. The summed E-state index contributed by atoms with van der Waals surface area (Å²) in [6.45, 7) is 7.90. The van der Waals surface area contributed by atoms with E-state index in [4.69, 9.17) is 4.74 Å². The predicted molar refractivity (Wildman–Crippen MR) is 74.3 cm³/mol. The van der Waals surface area contributed by atoms with Crippen LogP contribution in [-0.4, -0.2) is 25.8 Å². The maximum atomic E-state index is 5.36. The lowest BCUT2D eigenvalue weighted by Crippen LogP contribution is -2.38. The fraction of sp³-hybridized carbons (Fsp3) is 1.00. The highest BCUT2D eigenvalue weighted by Crippen LogP contribution is 2.32. The van der Waals surface area contributed by atoms with E-state index in [2.05, 4.69) is 26.1 Å². The molecule has 0 aromatic heterocycles. The van der Waals surface area contributed by atoms with Crippen LogP contribution in [0.1, 0.15) is 59.3 Å². The third-order valence-corrected chi connectivity index (χ3v) is 4.30. The first-order valence-corrected chi connectivity index (χ1v) is 7.43. The molecule has 0 radical (unpaired) electrons. The van der Waals surface area contributed by atoms with Gasteiger partial charge < -0.3 is 10.1 Å². The molecule has 0 aromatic rings. The second-order valence-electron chi connectivity index (χ2n) is 5.82. The van der Waals surface area contributed by atoms with Crippen LogP contribution in [0.25, 0.3) is 0 Å². The molecular formula is C15H31NO. The van der Waals surface area contributed by atoms with Gasteiger partial charge in [-0.3, -0.25) is 0 Å². The van der Waals surface area contributed by atoms with Crippen LogP contribution in [0.3, 0.4) is 0 Å². The molecule has 102 valence electrons. The van der Waals surface area contributed by atoms with Crippen LogP contribution >= 0.6 is 0 Å². The van der Waals surface area contributed by atoms with Crippen LogP contribution in [0.4, 0.5) is 0 Å². The van der Waals surface area contributed by atoms with Crippen molar-refractivity contribution in [2.24, 2.45) is 11.8 Å². The van der Waals surface area contributed by atoms with Gasteiger partial charge in [0.25, 0.3) is 0 Å². The van der Waals surface area contributed by atoms with Gasteiger partial charge >= 0.3 is 0 Å². The van der Waals surface area contributed by atoms with Gasteiger partial charge in [-0.2, -0.15) is 0 Å². The highest BCUT2D eigenvalue weighted by molar-refractivity contribution is 4.81. The van der Waals surface area contributed by atoms with Crippen LogP contribution in [0.15, 0.2) is 0 Å². The van der Waals surface area contributed by atoms with E-state index in [0.29, 0.717) is 12.1 Å². The third-order valence-electron chi connectivity index (χ3n) is 4.30. The molecule has 1 rings (SSSR count). The maximum Gasteiger partial charge on any atom is 0.0543 e. The molecule has 0 saturated heterocycles. The molecule has 0 amide bonds. The van der Waals surface area contributed by atoms with Gasteiger partial charge in [-0.05, 0) is 51.0 Å². The summed E-state index contributed by atoms with van der Waals surface area (Å²) in [6, 6.07) is 0.709. The van der Waals surface area contributed by atoms with Crippen molar-refractivity contribution in [1.29, 1.82) is 0 Å². The quantitative estimate of drug-likeness (QED) is 0.735. The van der Waals surface area contributed by atoms with Gasteiger partial charge in [0.15, 0.2) is 0 Å².